The predicted molar refractivity (Wildman–Crippen MR) is 144 cm³/mol. The molecule has 0 unspecified atom stereocenters. The maximum Gasteiger partial charge on any atom is 0.241 e. The number of amides is 1. The number of nitrogens with one attached hydrogen (secondary N) is 1. The van der Waals surface area contributed by atoms with Crippen LogP contribution in [0.15, 0.2) is 47.0 Å². The van der Waals surface area contributed by atoms with E-state index < -0.39 is 0 Å². The Bertz CT molecular complexity index is 1150. The Labute approximate surface area is 219 Å². The van der Waals surface area contributed by atoms with E-state index in [2.05, 4.69) is 31.0 Å². The molecule has 4 heterocycles. The smallest absolute Gasteiger partial charge is 0.241 e. The van der Waals surface area contributed by atoms with E-state index >= 15 is 0 Å². The van der Waals surface area contributed by atoms with Crippen molar-refractivity contribution in [2.24, 2.45) is 0 Å². The normalized spacial score (nSPS) is 21.3. The number of furan rings is 1. The Hall–Kier alpha value is -2.16. The minimum Gasteiger partial charge on any atom is -0.454 e. The van der Waals surface area contributed by atoms with E-state index in [-0.39, 0.29) is 42.2 Å². The Balaban J connectivity index is 0.00000171. The Morgan fingerprint density at radius 3 is 2.77 bits per heavy atom. The number of piperazine rings is 1. The van der Waals surface area contributed by atoms with Gasteiger partial charge >= 0.3 is 0 Å². The zero-order valence-corrected chi connectivity index (χ0v) is 22.2. The van der Waals surface area contributed by atoms with Gasteiger partial charge in [0.05, 0.1) is 18.8 Å². The number of hydrogen-bond donors (Lipinski definition) is 1. The third-order valence-electron chi connectivity index (χ3n) is 6.86. The number of carbonyl (C=O) groups excluding carboxylic acids is 1. The molecule has 2 atom stereocenters. The van der Waals surface area contributed by atoms with E-state index in [9.17, 15) is 4.79 Å². The first-order valence-electron chi connectivity index (χ1n) is 11.6. The fourth-order valence-corrected chi connectivity index (χ4v) is 5.06. The second kappa shape index (κ2) is 10.8. The summed E-state index contributed by atoms with van der Waals surface area (Å²) in [6.07, 6.45) is 1.91. The lowest BCUT2D eigenvalue weighted by Crippen LogP contribution is -2.59. The highest BCUT2D eigenvalue weighted by atomic mass is 35.5. The molecule has 2 aromatic heterocycles. The van der Waals surface area contributed by atoms with Gasteiger partial charge in [-0.1, -0.05) is 32.0 Å². The first kappa shape index (κ1) is 27.4. The van der Waals surface area contributed by atoms with Crippen molar-refractivity contribution >= 4 is 47.4 Å². The van der Waals surface area contributed by atoms with Crippen molar-refractivity contribution in [1.82, 2.24) is 15.2 Å². The molecule has 2 aliphatic heterocycles. The quantitative estimate of drug-likeness (QED) is 0.541. The number of benzene rings is 1. The number of hydrogen-bond acceptors (Lipinski definition) is 6. The van der Waals surface area contributed by atoms with Crippen molar-refractivity contribution < 1.29 is 13.9 Å². The number of methoxy groups -OCH3 is 1. The molecule has 1 aromatic carbocycles. The molecule has 0 spiro atoms. The minimum absolute atomic E-state index is 0. The van der Waals surface area contributed by atoms with Gasteiger partial charge in [-0.3, -0.25) is 14.7 Å². The number of carbonyl (C=O) groups is 1. The molecule has 190 valence electrons. The van der Waals surface area contributed by atoms with Crippen molar-refractivity contribution in [1.29, 1.82) is 0 Å². The number of halogens is 2. The van der Waals surface area contributed by atoms with Gasteiger partial charge < -0.3 is 19.4 Å². The van der Waals surface area contributed by atoms with Crippen molar-refractivity contribution in [2.45, 2.75) is 38.3 Å². The average Bonchev–Trinajstić information content (AvgIpc) is 3.34. The summed E-state index contributed by atoms with van der Waals surface area (Å²) in [6.45, 7) is 9.76. The number of nitrogens with zero attached hydrogens (tertiary/aromatic N) is 3. The van der Waals surface area contributed by atoms with Crippen LogP contribution in [0.2, 0.25) is 0 Å². The molecular formula is C26H34Cl2N4O3. The lowest BCUT2D eigenvalue weighted by Gasteiger charge is -2.39. The van der Waals surface area contributed by atoms with Crippen LogP contribution >= 0.6 is 24.8 Å². The Morgan fingerprint density at radius 2 is 2.03 bits per heavy atom. The molecule has 0 radical (unpaired) electrons. The van der Waals surface area contributed by atoms with E-state index in [1.54, 1.807) is 7.11 Å². The Morgan fingerprint density at radius 1 is 1.26 bits per heavy atom. The van der Waals surface area contributed by atoms with Gasteiger partial charge in [-0.15, -0.1) is 24.8 Å². The van der Waals surface area contributed by atoms with Gasteiger partial charge in [-0.25, -0.2) is 0 Å². The number of aromatic nitrogens is 1. The molecule has 2 aliphatic rings. The number of rotatable bonds is 5. The molecule has 1 N–H and O–H groups in total. The average molecular weight is 521 g/mol. The summed E-state index contributed by atoms with van der Waals surface area (Å²) in [5.41, 5.74) is 3.45. The molecule has 3 aromatic rings. The van der Waals surface area contributed by atoms with E-state index in [1.807, 2.05) is 47.5 Å². The summed E-state index contributed by atoms with van der Waals surface area (Å²) in [4.78, 5) is 22.5. The molecule has 0 saturated carbocycles. The van der Waals surface area contributed by atoms with Gasteiger partial charge in [0.25, 0.3) is 0 Å². The second-order valence-corrected chi connectivity index (χ2v) is 9.95. The lowest BCUT2D eigenvalue weighted by molar-refractivity contribution is -0.121. The third kappa shape index (κ3) is 5.34. The predicted octanol–water partition coefficient (Wildman–Crippen LogP) is 4.27. The van der Waals surface area contributed by atoms with Gasteiger partial charge in [0.15, 0.2) is 5.76 Å². The van der Waals surface area contributed by atoms with Crippen LogP contribution in [0.1, 0.15) is 26.3 Å². The topological polar surface area (TPSA) is 70.8 Å². The number of ether oxygens (including phenoxy) is 1. The molecule has 0 bridgehead atoms. The molecule has 1 saturated heterocycles. The molecule has 9 heteroatoms. The highest BCUT2D eigenvalue weighted by Crippen LogP contribution is 2.42. The third-order valence-corrected chi connectivity index (χ3v) is 6.86. The summed E-state index contributed by atoms with van der Waals surface area (Å²) in [7, 11) is 1.71. The summed E-state index contributed by atoms with van der Waals surface area (Å²) in [5, 5.41) is 4.53. The van der Waals surface area contributed by atoms with Gasteiger partial charge in [0.2, 0.25) is 5.91 Å². The van der Waals surface area contributed by atoms with E-state index in [0.717, 1.165) is 41.0 Å². The minimum atomic E-state index is -0.160. The van der Waals surface area contributed by atoms with Gasteiger partial charge in [-0.2, -0.15) is 0 Å². The molecular weight excluding hydrogens is 487 g/mol. The fraction of sp³-hybridized carbons (Fsp3) is 0.462. The zero-order valence-electron chi connectivity index (χ0n) is 20.6. The standard InChI is InChI=1S/C26H32N4O3.2ClH/c1-17-13-29(19(11-27-17)15-32-4)14-25(31)30-16-26(2,3)20-12-28-21(10-22(20)30)24-9-18-7-5-6-8-23(18)33-24;;/h5-10,12,17,19,27H,11,13-16H2,1-4H3;2*1H/t17-,19-;;/m1../s1. The number of anilines is 1. The summed E-state index contributed by atoms with van der Waals surface area (Å²) >= 11 is 0. The molecule has 7 nitrogen and oxygen atoms in total. The van der Waals surface area contributed by atoms with Crippen LogP contribution in [-0.2, 0) is 14.9 Å². The van der Waals surface area contributed by atoms with Gasteiger partial charge in [0.1, 0.15) is 11.3 Å². The SMILES string of the molecule is COC[C@H]1CN[C@H](C)CN1CC(=O)N1CC(C)(C)c2cnc(-c3cc4ccccc4o3)cc21.Cl.Cl. The maximum absolute atomic E-state index is 13.6. The zero-order chi connectivity index (χ0) is 23.2. The Kier molecular flexibility index (Phi) is 8.50. The highest BCUT2D eigenvalue weighted by molar-refractivity contribution is 5.98. The van der Waals surface area contributed by atoms with Crippen molar-refractivity contribution in [3.05, 3.63) is 48.2 Å². The van der Waals surface area contributed by atoms with Crippen LogP contribution in [0.3, 0.4) is 0 Å². The van der Waals surface area contributed by atoms with E-state index in [4.69, 9.17) is 14.1 Å². The summed E-state index contributed by atoms with van der Waals surface area (Å²) < 4.78 is 11.4. The maximum atomic E-state index is 13.6. The number of para-hydroxylation sites is 1. The summed E-state index contributed by atoms with van der Waals surface area (Å²) in [5.74, 6) is 0.825. The van der Waals surface area contributed by atoms with Crippen molar-refractivity contribution in [2.75, 3.05) is 44.8 Å². The first-order chi connectivity index (χ1) is 15.9. The molecule has 0 aliphatic carbocycles. The first-order valence-corrected chi connectivity index (χ1v) is 11.6. The largest absolute Gasteiger partial charge is 0.454 e. The lowest BCUT2D eigenvalue weighted by atomic mass is 9.88. The molecule has 5 rings (SSSR count). The van der Waals surface area contributed by atoms with Gasteiger partial charge in [-0.05, 0) is 25.1 Å². The van der Waals surface area contributed by atoms with Crippen molar-refractivity contribution in [3.8, 4) is 11.5 Å². The van der Waals surface area contributed by atoms with E-state index in [0.29, 0.717) is 31.5 Å². The van der Waals surface area contributed by atoms with Crippen LogP contribution < -0.4 is 10.2 Å². The van der Waals surface area contributed by atoms with E-state index in [1.165, 1.54) is 0 Å². The van der Waals surface area contributed by atoms with Crippen LogP contribution in [0.4, 0.5) is 5.69 Å². The number of fused-ring (bicyclic) bond motifs is 2. The van der Waals surface area contributed by atoms with Crippen molar-refractivity contribution in [3.63, 3.8) is 0 Å². The second-order valence-electron chi connectivity index (χ2n) is 9.95. The van der Waals surface area contributed by atoms with Crippen LogP contribution in [0.5, 0.6) is 0 Å². The molecule has 35 heavy (non-hydrogen) atoms. The monoisotopic (exact) mass is 520 g/mol. The molecule has 1 amide bonds. The van der Waals surface area contributed by atoms with Crippen LogP contribution in [0.25, 0.3) is 22.4 Å². The van der Waals surface area contributed by atoms with Gasteiger partial charge in [0, 0.05) is 61.4 Å². The van der Waals surface area contributed by atoms with Crippen LogP contribution in [-0.4, -0.2) is 67.8 Å². The highest BCUT2D eigenvalue weighted by Gasteiger charge is 2.40. The fourth-order valence-electron chi connectivity index (χ4n) is 5.06. The molecule has 1 fully saturated rings. The number of pyridine rings is 1. The summed E-state index contributed by atoms with van der Waals surface area (Å²) in [6, 6.07) is 12.5. The van der Waals surface area contributed by atoms with Crippen LogP contribution in [0, 0.1) is 0 Å².